The highest BCUT2D eigenvalue weighted by Crippen LogP contribution is 2.67. The van der Waals surface area contributed by atoms with Gasteiger partial charge in [0, 0.05) is 6.42 Å². The van der Waals surface area contributed by atoms with Crippen molar-refractivity contribution in [1.29, 1.82) is 0 Å². The monoisotopic (exact) mass is 610 g/mol. The molecule has 3 saturated carbocycles. The van der Waals surface area contributed by atoms with Crippen molar-refractivity contribution >= 4 is 11.9 Å². The lowest BCUT2D eigenvalue weighted by Gasteiger charge is -2.58. The molecule has 0 heterocycles. The maximum absolute atomic E-state index is 12.8. The molecule has 0 aromatic heterocycles. The summed E-state index contributed by atoms with van der Waals surface area (Å²) in [7, 11) is 0. The van der Waals surface area contributed by atoms with Gasteiger partial charge in [-0.2, -0.15) is 0 Å². The molecule has 0 saturated heterocycles. The minimum Gasteiger partial charge on any atom is -0.458 e. The summed E-state index contributed by atoms with van der Waals surface area (Å²) in [4.78, 5) is 25.4. The Morgan fingerprint density at radius 1 is 0.867 bits per heavy atom. The van der Waals surface area contributed by atoms with E-state index in [4.69, 9.17) is 9.47 Å². The summed E-state index contributed by atoms with van der Waals surface area (Å²) in [6.07, 6.45) is 15.3. The first-order chi connectivity index (χ1) is 21.5. The first-order valence-electron chi connectivity index (χ1n) is 17.7. The third-order valence-corrected chi connectivity index (χ3v) is 12.9. The maximum atomic E-state index is 12.8. The van der Waals surface area contributed by atoms with Crippen LogP contribution in [0.3, 0.4) is 0 Å². The van der Waals surface area contributed by atoms with Crippen molar-refractivity contribution in [1.82, 2.24) is 0 Å². The molecule has 242 valence electrons. The van der Waals surface area contributed by atoms with Crippen LogP contribution >= 0.6 is 0 Å². The van der Waals surface area contributed by atoms with Gasteiger partial charge in [-0.3, -0.25) is 0 Å². The van der Waals surface area contributed by atoms with Crippen molar-refractivity contribution < 1.29 is 19.1 Å². The van der Waals surface area contributed by atoms with Gasteiger partial charge >= 0.3 is 11.9 Å². The summed E-state index contributed by atoms with van der Waals surface area (Å²) in [5.74, 6) is 3.36. The van der Waals surface area contributed by atoms with Crippen LogP contribution in [0.15, 0.2) is 72.3 Å². The fourth-order valence-electron chi connectivity index (χ4n) is 10.5. The van der Waals surface area contributed by atoms with Crippen molar-refractivity contribution in [2.75, 3.05) is 0 Å². The van der Waals surface area contributed by atoms with Crippen molar-refractivity contribution in [2.24, 2.45) is 40.4 Å². The summed E-state index contributed by atoms with van der Waals surface area (Å²) in [5.41, 5.74) is 3.02. The molecule has 0 bridgehead atoms. The molecule has 2 aromatic rings. The summed E-state index contributed by atoms with van der Waals surface area (Å²) in [6, 6.07) is 18.8. The lowest BCUT2D eigenvalue weighted by molar-refractivity contribution is -0.0598. The fourth-order valence-corrected chi connectivity index (χ4v) is 10.5. The molecule has 0 amide bonds. The van der Waals surface area contributed by atoms with Gasteiger partial charge in [-0.15, -0.1) is 0 Å². The fraction of sp³-hybridized carbons (Fsp3) is 0.610. The predicted molar refractivity (Wildman–Crippen MR) is 180 cm³/mol. The van der Waals surface area contributed by atoms with Crippen molar-refractivity contribution in [3.63, 3.8) is 0 Å². The van der Waals surface area contributed by atoms with Crippen LogP contribution in [0.2, 0.25) is 0 Å². The first kappa shape index (κ1) is 32.1. The molecule has 0 aliphatic heterocycles. The van der Waals surface area contributed by atoms with Gasteiger partial charge in [0.15, 0.2) is 0 Å². The highest BCUT2D eigenvalue weighted by atomic mass is 16.6. The van der Waals surface area contributed by atoms with Crippen molar-refractivity contribution in [3.8, 4) is 0 Å². The molecular formula is C41H54O4. The predicted octanol–water partition coefficient (Wildman–Crippen LogP) is 10.2. The number of fused-ring (bicyclic) bond motifs is 5. The van der Waals surface area contributed by atoms with Gasteiger partial charge < -0.3 is 9.47 Å². The van der Waals surface area contributed by atoms with E-state index < -0.39 is 5.60 Å². The Morgan fingerprint density at radius 3 is 2.22 bits per heavy atom. The molecule has 4 aliphatic carbocycles. The van der Waals surface area contributed by atoms with E-state index in [1.165, 1.54) is 38.5 Å². The standard InChI is InChI=1S/C41H54O4/c1-28(13-12-24-39(2,3)45-38(43)30-16-10-7-11-17-30)34-20-21-35-33-19-18-31-27-32(44-37(42)29-14-8-6-9-15-29)22-25-40(31,4)36(33)23-26-41(34,35)5/h6-11,14-18,28,32-36H,12-13,19-27H2,1-5H3/t28-,32+,33+,34-,35+,36?,40?,41-/m1/s1. The van der Waals surface area contributed by atoms with Gasteiger partial charge in [-0.05, 0) is 136 Å². The average molecular weight is 611 g/mol. The van der Waals surface area contributed by atoms with Gasteiger partial charge in [0.05, 0.1) is 11.1 Å². The third kappa shape index (κ3) is 6.41. The van der Waals surface area contributed by atoms with Crippen LogP contribution in [0.5, 0.6) is 0 Å². The number of carbonyl (C=O) groups excluding carboxylic acids is 2. The minimum absolute atomic E-state index is 0.00835. The molecule has 6 rings (SSSR count). The summed E-state index contributed by atoms with van der Waals surface area (Å²) < 4.78 is 11.9. The van der Waals surface area contributed by atoms with Crippen LogP contribution in [0.4, 0.5) is 0 Å². The van der Waals surface area contributed by atoms with Gasteiger partial charge in [-0.1, -0.05) is 75.2 Å². The van der Waals surface area contributed by atoms with Crippen LogP contribution in [0.25, 0.3) is 0 Å². The molecule has 2 unspecified atom stereocenters. The minimum atomic E-state index is -0.465. The summed E-state index contributed by atoms with van der Waals surface area (Å²) in [5, 5.41) is 0. The lowest BCUT2D eigenvalue weighted by Crippen LogP contribution is -2.51. The smallest absolute Gasteiger partial charge is 0.338 e. The highest BCUT2D eigenvalue weighted by Gasteiger charge is 2.59. The SMILES string of the molecule is C[C@H](CCCC(C)(C)OC(=O)c1ccccc1)[C@H]1CC[C@H]2[C@@H]3CC=C4C[C@@H](OC(=O)c5ccccc5)CCC4(C)C3CC[C@]12C. The molecule has 4 aliphatic rings. The van der Waals surface area contributed by atoms with Crippen molar-refractivity contribution in [3.05, 3.63) is 83.4 Å². The van der Waals surface area contributed by atoms with Gasteiger partial charge in [0.25, 0.3) is 0 Å². The second-order valence-electron chi connectivity index (χ2n) is 16.0. The Kier molecular flexibility index (Phi) is 9.07. The molecule has 0 spiro atoms. The normalized spacial score (nSPS) is 33.2. The molecule has 4 nitrogen and oxygen atoms in total. The zero-order valence-electron chi connectivity index (χ0n) is 28.2. The van der Waals surface area contributed by atoms with Gasteiger partial charge in [0.1, 0.15) is 11.7 Å². The van der Waals surface area contributed by atoms with E-state index >= 15 is 0 Å². The zero-order valence-corrected chi connectivity index (χ0v) is 28.2. The summed E-state index contributed by atoms with van der Waals surface area (Å²) >= 11 is 0. The van der Waals surface area contributed by atoms with Gasteiger partial charge in [-0.25, -0.2) is 9.59 Å². The van der Waals surface area contributed by atoms with E-state index in [-0.39, 0.29) is 23.5 Å². The molecule has 0 N–H and O–H groups in total. The van der Waals surface area contributed by atoms with Crippen LogP contribution in [-0.2, 0) is 9.47 Å². The Labute approximate surface area is 271 Å². The number of ether oxygens (including phenoxy) is 2. The second kappa shape index (κ2) is 12.7. The molecular weight excluding hydrogens is 556 g/mol. The molecule has 45 heavy (non-hydrogen) atoms. The summed E-state index contributed by atoms with van der Waals surface area (Å²) in [6.45, 7) is 11.8. The average Bonchev–Trinajstić information content (AvgIpc) is 3.39. The number of hydrogen-bond acceptors (Lipinski definition) is 4. The quantitative estimate of drug-likeness (QED) is 0.209. The lowest BCUT2D eigenvalue weighted by atomic mass is 9.47. The Bertz CT molecular complexity index is 1380. The molecule has 2 aromatic carbocycles. The van der Waals surface area contributed by atoms with Crippen LogP contribution < -0.4 is 0 Å². The van der Waals surface area contributed by atoms with E-state index in [2.05, 4.69) is 40.7 Å². The topological polar surface area (TPSA) is 52.6 Å². The Hall–Kier alpha value is -2.88. The van der Waals surface area contributed by atoms with E-state index in [0.29, 0.717) is 22.5 Å². The van der Waals surface area contributed by atoms with Crippen LogP contribution in [-0.4, -0.2) is 23.6 Å². The van der Waals surface area contributed by atoms with Crippen molar-refractivity contribution in [2.45, 2.75) is 117 Å². The maximum Gasteiger partial charge on any atom is 0.338 e. The van der Waals surface area contributed by atoms with E-state index in [1.807, 2.05) is 60.7 Å². The molecule has 4 heteroatoms. The second-order valence-corrected chi connectivity index (χ2v) is 16.0. The number of allylic oxidation sites excluding steroid dienone is 1. The van der Waals surface area contributed by atoms with E-state index in [0.717, 1.165) is 55.8 Å². The molecule has 3 fully saturated rings. The number of rotatable bonds is 9. The molecule has 0 radical (unpaired) electrons. The third-order valence-electron chi connectivity index (χ3n) is 12.9. The largest absolute Gasteiger partial charge is 0.458 e. The Balaban J connectivity index is 1.04. The number of hydrogen-bond donors (Lipinski definition) is 0. The molecule has 8 atom stereocenters. The first-order valence-corrected chi connectivity index (χ1v) is 17.7. The zero-order chi connectivity index (χ0) is 31.8. The van der Waals surface area contributed by atoms with Crippen LogP contribution in [0.1, 0.15) is 126 Å². The Morgan fingerprint density at radius 2 is 1.53 bits per heavy atom. The number of esters is 2. The number of benzene rings is 2. The van der Waals surface area contributed by atoms with E-state index in [9.17, 15) is 9.59 Å². The number of carbonyl (C=O) groups is 2. The highest BCUT2D eigenvalue weighted by molar-refractivity contribution is 5.90. The van der Waals surface area contributed by atoms with Crippen LogP contribution in [0, 0.1) is 40.4 Å². The van der Waals surface area contributed by atoms with Gasteiger partial charge in [0.2, 0.25) is 0 Å². The van der Waals surface area contributed by atoms with E-state index in [1.54, 1.807) is 5.57 Å².